The molecule has 2 aromatic rings. The van der Waals surface area contributed by atoms with Gasteiger partial charge in [0.15, 0.2) is 0 Å². The summed E-state index contributed by atoms with van der Waals surface area (Å²) < 4.78 is 0. The molecule has 0 aliphatic rings. The maximum absolute atomic E-state index is 12.1. The van der Waals surface area contributed by atoms with Crippen molar-refractivity contribution in [3.05, 3.63) is 36.2 Å². The Hall–Kier alpha value is -2.14. The number of nitrogen functional groups attached to an aromatic ring is 1. The molecule has 5 nitrogen and oxygen atoms in total. The number of likely N-dealkylation sites (N-methyl/N-ethyl adjacent to an activating group) is 1. The SMILES string of the molecule is CN(C)CCNC(=O)c1nccc2ccc(N)cc12. The third-order valence-corrected chi connectivity index (χ3v) is 2.85. The number of carbonyl (C=O) groups is 1. The van der Waals surface area contributed by atoms with E-state index in [1.807, 2.05) is 37.2 Å². The Morgan fingerprint density at radius 3 is 2.89 bits per heavy atom. The summed E-state index contributed by atoms with van der Waals surface area (Å²) in [5.41, 5.74) is 6.81. The second-order valence-corrected chi connectivity index (χ2v) is 4.70. The van der Waals surface area contributed by atoms with Gasteiger partial charge in [0.1, 0.15) is 5.69 Å². The van der Waals surface area contributed by atoms with E-state index in [1.54, 1.807) is 12.3 Å². The standard InChI is InChI=1S/C14H18N4O/c1-18(2)8-7-17-14(19)13-12-9-11(15)4-3-10(12)5-6-16-13/h3-6,9H,7-8,15H2,1-2H3,(H,17,19). The Labute approximate surface area is 112 Å². The highest BCUT2D eigenvalue weighted by Gasteiger charge is 2.11. The third kappa shape index (κ3) is 3.20. The zero-order valence-electron chi connectivity index (χ0n) is 11.2. The molecule has 1 aromatic heterocycles. The zero-order valence-corrected chi connectivity index (χ0v) is 11.2. The summed E-state index contributed by atoms with van der Waals surface area (Å²) in [6.07, 6.45) is 1.64. The van der Waals surface area contributed by atoms with Crippen LogP contribution in [0.4, 0.5) is 5.69 Å². The van der Waals surface area contributed by atoms with Crippen LogP contribution in [0.15, 0.2) is 30.5 Å². The number of nitrogens with two attached hydrogens (primary N) is 1. The Balaban J connectivity index is 2.24. The van der Waals surface area contributed by atoms with Crippen molar-refractivity contribution in [1.82, 2.24) is 15.2 Å². The summed E-state index contributed by atoms with van der Waals surface area (Å²) >= 11 is 0. The number of benzene rings is 1. The topological polar surface area (TPSA) is 71.2 Å². The molecular formula is C14H18N4O. The first kappa shape index (κ1) is 13.3. The number of nitrogens with one attached hydrogen (secondary N) is 1. The van der Waals surface area contributed by atoms with Crippen LogP contribution in [0, 0.1) is 0 Å². The van der Waals surface area contributed by atoms with E-state index in [2.05, 4.69) is 10.3 Å². The maximum Gasteiger partial charge on any atom is 0.270 e. The summed E-state index contributed by atoms with van der Waals surface area (Å²) in [7, 11) is 3.92. The number of nitrogens with zero attached hydrogens (tertiary/aromatic N) is 2. The smallest absolute Gasteiger partial charge is 0.270 e. The fourth-order valence-corrected chi connectivity index (χ4v) is 1.84. The minimum absolute atomic E-state index is 0.168. The van der Waals surface area contributed by atoms with Gasteiger partial charge in [-0.05, 0) is 37.7 Å². The quantitative estimate of drug-likeness (QED) is 0.806. The molecule has 3 N–H and O–H groups in total. The van der Waals surface area contributed by atoms with E-state index in [1.165, 1.54) is 0 Å². The van der Waals surface area contributed by atoms with Gasteiger partial charge >= 0.3 is 0 Å². The van der Waals surface area contributed by atoms with E-state index >= 15 is 0 Å². The summed E-state index contributed by atoms with van der Waals surface area (Å²) in [5, 5.41) is 4.60. The maximum atomic E-state index is 12.1. The first-order valence-electron chi connectivity index (χ1n) is 6.15. The van der Waals surface area contributed by atoms with Crippen molar-refractivity contribution in [2.75, 3.05) is 32.9 Å². The van der Waals surface area contributed by atoms with E-state index in [9.17, 15) is 4.79 Å². The molecule has 0 unspecified atom stereocenters. The highest BCUT2D eigenvalue weighted by atomic mass is 16.1. The van der Waals surface area contributed by atoms with Crippen LogP contribution in [0.1, 0.15) is 10.5 Å². The van der Waals surface area contributed by atoms with Gasteiger partial charge in [0.25, 0.3) is 5.91 Å². The second kappa shape index (κ2) is 5.67. The molecule has 0 saturated heterocycles. The zero-order chi connectivity index (χ0) is 13.8. The number of hydrogen-bond acceptors (Lipinski definition) is 4. The monoisotopic (exact) mass is 258 g/mol. The lowest BCUT2D eigenvalue weighted by atomic mass is 10.1. The molecule has 19 heavy (non-hydrogen) atoms. The fraction of sp³-hybridized carbons (Fsp3) is 0.286. The minimum Gasteiger partial charge on any atom is -0.399 e. The molecule has 1 aromatic carbocycles. The van der Waals surface area contributed by atoms with Gasteiger partial charge in [-0.15, -0.1) is 0 Å². The first-order valence-corrected chi connectivity index (χ1v) is 6.15. The number of anilines is 1. The van der Waals surface area contributed by atoms with Crippen LogP contribution < -0.4 is 11.1 Å². The van der Waals surface area contributed by atoms with Gasteiger partial charge in [0.2, 0.25) is 0 Å². The average Bonchev–Trinajstić information content (AvgIpc) is 2.37. The van der Waals surface area contributed by atoms with Crippen molar-refractivity contribution in [3.8, 4) is 0 Å². The second-order valence-electron chi connectivity index (χ2n) is 4.70. The molecular weight excluding hydrogens is 240 g/mol. The number of hydrogen-bond donors (Lipinski definition) is 2. The number of fused-ring (bicyclic) bond motifs is 1. The van der Waals surface area contributed by atoms with Gasteiger partial charge in [-0.25, -0.2) is 0 Å². The van der Waals surface area contributed by atoms with Crippen molar-refractivity contribution in [2.45, 2.75) is 0 Å². The lowest BCUT2D eigenvalue weighted by Crippen LogP contribution is -2.31. The fourth-order valence-electron chi connectivity index (χ4n) is 1.84. The molecule has 0 radical (unpaired) electrons. The molecule has 0 bridgehead atoms. The Morgan fingerprint density at radius 1 is 1.37 bits per heavy atom. The lowest BCUT2D eigenvalue weighted by molar-refractivity contribution is 0.0948. The summed E-state index contributed by atoms with van der Waals surface area (Å²) in [4.78, 5) is 18.3. The Morgan fingerprint density at radius 2 is 2.16 bits per heavy atom. The number of pyridine rings is 1. The van der Waals surface area contributed by atoms with Crippen LogP contribution >= 0.6 is 0 Å². The molecule has 0 spiro atoms. The van der Waals surface area contributed by atoms with Crippen molar-refractivity contribution in [3.63, 3.8) is 0 Å². The van der Waals surface area contributed by atoms with E-state index in [0.717, 1.165) is 17.3 Å². The van der Waals surface area contributed by atoms with Crippen molar-refractivity contribution >= 4 is 22.4 Å². The average molecular weight is 258 g/mol. The summed E-state index contributed by atoms with van der Waals surface area (Å²) in [5.74, 6) is -0.168. The number of aromatic nitrogens is 1. The molecule has 5 heteroatoms. The van der Waals surface area contributed by atoms with Crippen LogP contribution in [-0.2, 0) is 0 Å². The minimum atomic E-state index is -0.168. The first-order chi connectivity index (χ1) is 9.08. The van der Waals surface area contributed by atoms with E-state index in [4.69, 9.17) is 5.73 Å². The summed E-state index contributed by atoms with van der Waals surface area (Å²) in [6.45, 7) is 1.38. The van der Waals surface area contributed by atoms with Crippen LogP contribution in [0.5, 0.6) is 0 Å². The predicted molar refractivity (Wildman–Crippen MR) is 77.0 cm³/mol. The van der Waals surface area contributed by atoms with E-state index < -0.39 is 0 Å². The Kier molecular flexibility index (Phi) is 3.97. The molecule has 1 heterocycles. The largest absolute Gasteiger partial charge is 0.399 e. The van der Waals surface area contributed by atoms with Gasteiger partial charge < -0.3 is 16.0 Å². The van der Waals surface area contributed by atoms with Crippen molar-refractivity contribution in [1.29, 1.82) is 0 Å². The van der Waals surface area contributed by atoms with E-state index in [-0.39, 0.29) is 5.91 Å². The Bertz CT molecular complexity index is 595. The number of carbonyl (C=O) groups excluding carboxylic acids is 1. The number of amides is 1. The van der Waals surface area contributed by atoms with E-state index in [0.29, 0.717) is 17.9 Å². The van der Waals surface area contributed by atoms with Crippen molar-refractivity contribution < 1.29 is 4.79 Å². The molecule has 0 atom stereocenters. The number of rotatable bonds is 4. The molecule has 0 aliphatic carbocycles. The predicted octanol–water partition coefficient (Wildman–Crippen LogP) is 1.11. The third-order valence-electron chi connectivity index (χ3n) is 2.85. The van der Waals surface area contributed by atoms with Gasteiger partial charge in [0.05, 0.1) is 0 Å². The lowest BCUT2D eigenvalue weighted by Gasteiger charge is -2.11. The molecule has 0 aliphatic heterocycles. The van der Waals surface area contributed by atoms with Crippen LogP contribution in [-0.4, -0.2) is 43.0 Å². The molecule has 100 valence electrons. The van der Waals surface area contributed by atoms with Gasteiger partial charge in [-0.1, -0.05) is 6.07 Å². The molecule has 1 amide bonds. The highest BCUT2D eigenvalue weighted by Crippen LogP contribution is 2.19. The summed E-state index contributed by atoms with van der Waals surface area (Å²) in [6, 6.07) is 7.35. The van der Waals surface area contributed by atoms with Gasteiger partial charge in [-0.2, -0.15) is 0 Å². The molecule has 0 fully saturated rings. The molecule has 0 saturated carbocycles. The van der Waals surface area contributed by atoms with Crippen molar-refractivity contribution in [2.24, 2.45) is 0 Å². The van der Waals surface area contributed by atoms with Crippen LogP contribution in [0.25, 0.3) is 10.8 Å². The van der Waals surface area contributed by atoms with Gasteiger partial charge in [0, 0.05) is 30.4 Å². The van der Waals surface area contributed by atoms with Crippen LogP contribution in [0.3, 0.4) is 0 Å². The highest BCUT2D eigenvalue weighted by molar-refractivity contribution is 6.05. The molecule has 2 rings (SSSR count). The van der Waals surface area contributed by atoms with Gasteiger partial charge in [-0.3, -0.25) is 9.78 Å². The normalized spacial score (nSPS) is 10.9. The van der Waals surface area contributed by atoms with Crippen LogP contribution in [0.2, 0.25) is 0 Å².